The van der Waals surface area contributed by atoms with Crippen molar-refractivity contribution >= 4 is 71.0 Å². The Morgan fingerprint density at radius 2 is 0.759 bits per heavy atom. The van der Waals surface area contributed by atoms with Crippen molar-refractivity contribution in [1.82, 2.24) is 28.7 Å². The van der Waals surface area contributed by atoms with Gasteiger partial charge in [0, 0.05) is 71.7 Å². The van der Waals surface area contributed by atoms with Gasteiger partial charge in [0.15, 0.2) is 17.5 Å². The van der Waals surface area contributed by atoms with Gasteiger partial charge < -0.3 is 13.7 Å². The van der Waals surface area contributed by atoms with E-state index in [2.05, 4.69) is 287 Å². The Hall–Kier alpha value is -11.5. The number of rotatable bonds is 10. The fraction of sp³-hybridized carbons (Fsp3) is 0.0247. The van der Waals surface area contributed by atoms with E-state index >= 15 is 0 Å². The summed E-state index contributed by atoms with van der Waals surface area (Å²) in [6.07, 6.45) is 8.01. The molecule has 0 fully saturated rings. The average Bonchev–Trinajstić information content (AvgIpc) is 1.75. The summed E-state index contributed by atoms with van der Waals surface area (Å²) in [5.41, 5.74) is 20.7. The lowest BCUT2D eigenvalue weighted by Crippen LogP contribution is -2.07. The largest absolute Gasteiger partial charge is 0.309 e. The molecular formula is C81H54N6. The molecule has 0 bridgehead atoms. The van der Waals surface area contributed by atoms with E-state index in [9.17, 15) is 0 Å². The number of aromatic nitrogens is 6. The van der Waals surface area contributed by atoms with Gasteiger partial charge in [-0.05, 0) is 101 Å². The van der Waals surface area contributed by atoms with Crippen LogP contribution in [0.5, 0.6) is 0 Å². The lowest BCUT2D eigenvalue weighted by Gasteiger charge is -2.24. The third-order valence-electron chi connectivity index (χ3n) is 17.6. The maximum absolute atomic E-state index is 5.41. The molecule has 17 rings (SSSR count). The van der Waals surface area contributed by atoms with Crippen LogP contribution in [0.4, 0.5) is 0 Å². The zero-order valence-corrected chi connectivity index (χ0v) is 47.4. The molecule has 1 aliphatic carbocycles. The van der Waals surface area contributed by atoms with Crippen molar-refractivity contribution in [2.45, 2.75) is 12.3 Å². The minimum absolute atomic E-state index is 0.221. The second-order valence-corrected chi connectivity index (χ2v) is 22.6. The summed E-state index contributed by atoms with van der Waals surface area (Å²) in [6, 6.07) is 105. The molecule has 87 heavy (non-hydrogen) atoms. The fourth-order valence-electron chi connectivity index (χ4n) is 13.6. The molecule has 0 saturated heterocycles. The van der Waals surface area contributed by atoms with Crippen molar-refractivity contribution in [2.24, 2.45) is 0 Å². The van der Waals surface area contributed by atoms with Gasteiger partial charge in [-0.1, -0.05) is 243 Å². The van der Waals surface area contributed by atoms with E-state index in [0.717, 1.165) is 117 Å². The van der Waals surface area contributed by atoms with Crippen LogP contribution in [-0.2, 0) is 0 Å². The summed E-state index contributed by atoms with van der Waals surface area (Å²) in [4.78, 5) is 16.0. The van der Waals surface area contributed by atoms with Crippen LogP contribution in [0.25, 0.3) is 144 Å². The van der Waals surface area contributed by atoms with Crippen LogP contribution in [0.3, 0.4) is 0 Å². The molecule has 0 saturated carbocycles. The maximum atomic E-state index is 5.41. The molecule has 0 radical (unpaired) electrons. The van der Waals surface area contributed by atoms with Gasteiger partial charge in [0.25, 0.3) is 0 Å². The molecule has 12 aromatic carbocycles. The molecule has 6 nitrogen and oxygen atoms in total. The normalized spacial score (nSPS) is 13.4. The highest BCUT2D eigenvalue weighted by molar-refractivity contribution is 6.18. The molecule has 1 unspecified atom stereocenters. The van der Waals surface area contributed by atoms with Crippen LogP contribution >= 0.6 is 0 Å². The first-order chi connectivity index (χ1) is 43.2. The van der Waals surface area contributed by atoms with Crippen LogP contribution in [-0.4, -0.2) is 28.7 Å². The zero-order chi connectivity index (χ0) is 57.4. The third kappa shape index (κ3) is 8.44. The highest BCUT2D eigenvalue weighted by Gasteiger charge is 2.28. The van der Waals surface area contributed by atoms with Crippen LogP contribution in [0.1, 0.15) is 23.5 Å². The first kappa shape index (κ1) is 50.1. The molecule has 16 aromatic rings. The minimum Gasteiger partial charge on any atom is -0.309 e. The molecular weight excluding hydrogens is 1060 g/mol. The first-order valence-electron chi connectivity index (χ1n) is 29.9. The fourth-order valence-corrected chi connectivity index (χ4v) is 13.6. The molecule has 6 heteroatoms. The van der Waals surface area contributed by atoms with Gasteiger partial charge >= 0.3 is 0 Å². The minimum atomic E-state index is 0.221. The van der Waals surface area contributed by atoms with E-state index in [-0.39, 0.29) is 5.92 Å². The Morgan fingerprint density at radius 1 is 0.310 bits per heavy atom. The van der Waals surface area contributed by atoms with Crippen molar-refractivity contribution < 1.29 is 0 Å². The quantitative estimate of drug-likeness (QED) is 0.137. The predicted octanol–water partition coefficient (Wildman–Crippen LogP) is 20.6. The SMILES string of the molecule is C1=CC(c2ccccc2)CC=C1c1cc(-c2nc(-c3ccccc3)nc(-c3ccccc3)n2)cc(-c2ccc(-c3ccccc3)cc2)c1-n1c2ccc(-n3c4ccccc4c4ccccc43)cc2c2c(-n3c4ccccc4c4ccccc43)cccc21. The van der Waals surface area contributed by atoms with Gasteiger partial charge in [0.2, 0.25) is 0 Å². The smallest absolute Gasteiger partial charge is 0.164 e. The Labute approximate surface area is 503 Å². The summed E-state index contributed by atoms with van der Waals surface area (Å²) in [7, 11) is 0. The summed E-state index contributed by atoms with van der Waals surface area (Å²) < 4.78 is 7.50. The van der Waals surface area contributed by atoms with Gasteiger partial charge in [-0.3, -0.25) is 0 Å². The number of hydrogen-bond donors (Lipinski definition) is 0. The van der Waals surface area contributed by atoms with Crippen molar-refractivity contribution in [3.63, 3.8) is 0 Å². The number of hydrogen-bond acceptors (Lipinski definition) is 3. The molecule has 1 aliphatic rings. The third-order valence-corrected chi connectivity index (χ3v) is 17.6. The summed E-state index contributed by atoms with van der Waals surface area (Å²) in [6.45, 7) is 0. The number of nitrogens with zero attached hydrogens (tertiary/aromatic N) is 6. The standard InChI is InChI=1S/C81H54N6/c1-5-22-53(23-6-1)55-40-44-57(45-41-55)67-50-61(81-83-79(59-26-9-3-10-27-59)82-80(84-81)60-28-11-4-12-29-60)51-68(58-46-42-56(43-47-58)54-24-7-2-8-25-54)78(67)87-74-49-48-62(85-70-34-17-13-30-63(70)64-31-14-18-35-71(64)85)52-69(74)77-75(38-21-39-76(77)87)86-72-36-19-15-32-65(72)66-33-16-20-37-73(66)86/h1-42,44-52,56H,43H2. The Kier molecular flexibility index (Phi) is 11.9. The predicted molar refractivity (Wildman–Crippen MR) is 361 cm³/mol. The number of allylic oxidation sites excluding steroid dienone is 4. The number of para-hydroxylation sites is 4. The van der Waals surface area contributed by atoms with Crippen molar-refractivity contribution in [1.29, 1.82) is 0 Å². The molecule has 408 valence electrons. The Morgan fingerprint density at radius 3 is 1.31 bits per heavy atom. The molecule has 4 heterocycles. The van der Waals surface area contributed by atoms with E-state index < -0.39 is 0 Å². The first-order valence-corrected chi connectivity index (χ1v) is 29.9. The lowest BCUT2D eigenvalue weighted by atomic mass is 9.85. The summed E-state index contributed by atoms with van der Waals surface area (Å²) in [5, 5.41) is 7.17. The molecule has 1 atom stereocenters. The molecule has 0 spiro atoms. The monoisotopic (exact) mass is 1110 g/mol. The molecule has 0 amide bonds. The molecule has 0 N–H and O–H groups in total. The average molecular weight is 1110 g/mol. The summed E-state index contributed by atoms with van der Waals surface area (Å²) >= 11 is 0. The highest BCUT2D eigenvalue weighted by Crippen LogP contribution is 2.47. The van der Waals surface area contributed by atoms with Gasteiger partial charge in [0.1, 0.15) is 0 Å². The maximum Gasteiger partial charge on any atom is 0.164 e. The Bertz CT molecular complexity index is 5240. The van der Waals surface area contributed by atoms with Gasteiger partial charge in [0.05, 0.1) is 44.5 Å². The number of fused-ring (bicyclic) bond motifs is 9. The van der Waals surface area contributed by atoms with E-state index in [4.69, 9.17) is 15.0 Å². The highest BCUT2D eigenvalue weighted by atomic mass is 15.0. The van der Waals surface area contributed by atoms with Gasteiger partial charge in [-0.2, -0.15) is 0 Å². The van der Waals surface area contributed by atoms with Crippen LogP contribution in [0.2, 0.25) is 0 Å². The summed E-state index contributed by atoms with van der Waals surface area (Å²) in [5.74, 6) is 2.03. The second-order valence-electron chi connectivity index (χ2n) is 22.6. The van der Waals surface area contributed by atoms with E-state index in [1.54, 1.807) is 0 Å². The van der Waals surface area contributed by atoms with E-state index in [0.29, 0.717) is 17.5 Å². The lowest BCUT2D eigenvalue weighted by molar-refractivity contribution is 0.856. The second kappa shape index (κ2) is 20.7. The van der Waals surface area contributed by atoms with Gasteiger partial charge in [-0.15, -0.1) is 0 Å². The van der Waals surface area contributed by atoms with Crippen LogP contribution in [0, 0.1) is 0 Å². The van der Waals surface area contributed by atoms with Gasteiger partial charge in [-0.25, -0.2) is 15.0 Å². The topological polar surface area (TPSA) is 53.5 Å². The van der Waals surface area contributed by atoms with Crippen molar-refractivity contribution in [3.8, 4) is 73.5 Å². The van der Waals surface area contributed by atoms with Crippen molar-refractivity contribution in [2.75, 3.05) is 0 Å². The van der Waals surface area contributed by atoms with Crippen LogP contribution < -0.4 is 0 Å². The number of benzene rings is 12. The zero-order valence-electron chi connectivity index (χ0n) is 47.4. The van der Waals surface area contributed by atoms with E-state index in [1.807, 2.05) is 36.4 Å². The molecule has 4 aromatic heterocycles. The molecule has 0 aliphatic heterocycles. The Balaban J connectivity index is 1.00. The van der Waals surface area contributed by atoms with Crippen LogP contribution in [0.15, 0.2) is 309 Å². The van der Waals surface area contributed by atoms with E-state index in [1.165, 1.54) is 27.1 Å². The van der Waals surface area contributed by atoms with Crippen molar-refractivity contribution in [3.05, 3.63) is 321 Å².